The number of nitrogens with zero attached hydrogens (tertiary/aromatic N) is 1. The number of likely N-dealkylation sites (tertiary alicyclic amines) is 1. The van der Waals surface area contributed by atoms with Crippen molar-refractivity contribution in [3.8, 4) is 16.9 Å². The van der Waals surface area contributed by atoms with Crippen molar-refractivity contribution in [2.45, 2.75) is 32.4 Å². The molecule has 1 atom stereocenters. The summed E-state index contributed by atoms with van der Waals surface area (Å²) in [7, 11) is 0. The van der Waals surface area contributed by atoms with Gasteiger partial charge in [-0.05, 0) is 36.6 Å². The van der Waals surface area contributed by atoms with Gasteiger partial charge in [0.1, 0.15) is 5.75 Å². The van der Waals surface area contributed by atoms with Gasteiger partial charge in [-0.3, -0.25) is 4.79 Å². The summed E-state index contributed by atoms with van der Waals surface area (Å²) < 4.78 is 0. The lowest BCUT2D eigenvalue weighted by Gasteiger charge is -2.22. The number of phenols is 1. The Morgan fingerprint density at radius 2 is 1.96 bits per heavy atom. The van der Waals surface area contributed by atoms with Crippen LogP contribution in [0.4, 0.5) is 0 Å². The van der Waals surface area contributed by atoms with Crippen LogP contribution in [0.1, 0.15) is 25.3 Å². The summed E-state index contributed by atoms with van der Waals surface area (Å²) in [4.78, 5) is 13.6. The van der Waals surface area contributed by atoms with E-state index < -0.39 is 0 Å². The van der Waals surface area contributed by atoms with Gasteiger partial charge in [0.05, 0.1) is 0 Å². The van der Waals surface area contributed by atoms with Crippen LogP contribution in [0.25, 0.3) is 11.1 Å². The summed E-state index contributed by atoms with van der Waals surface area (Å²) in [6.45, 7) is 4.23. The van der Waals surface area contributed by atoms with Gasteiger partial charge in [-0.2, -0.15) is 0 Å². The molecule has 1 amide bonds. The molecule has 2 aromatic carbocycles. The average Bonchev–Trinajstić information content (AvgIpc) is 3.00. The smallest absolute Gasteiger partial charge is 0.222 e. The van der Waals surface area contributed by atoms with Gasteiger partial charge in [0.2, 0.25) is 5.91 Å². The third-order valence-electron chi connectivity index (χ3n) is 4.49. The first-order valence-corrected chi connectivity index (χ1v) is 8.52. The van der Waals surface area contributed by atoms with E-state index in [1.165, 1.54) is 0 Å². The van der Waals surface area contributed by atoms with E-state index in [0.29, 0.717) is 18.7 Å². The van der Waals surface area contributed by atoms with E-state index in [1.54, 1.807) is 6.07 Å². The van der Waals surface area contributed by atoms with Crippen molar-refractivity contribution in [2.75, 3.05) is 13.1 Å². The fraction of sp³-hybridized carbons (Fsp3) is 0.350. The highest BCUT2D eigenvalue weighted by Gasteiger charge is 2.21. The SMILES string of the molecule is C[C@H](CN1CCCC1=O)NCc1cc(-c2ccccc2)ccc1O. The number of amides is 1. The summed E-state index contributed by atoms with van der Waals surface area (Å²) in [6, 6.07) is 16.0. The molecule has 0 spiro atoms. The van der Waals surface area contributed by atoms with Crippen LogP contribution in [0.3, 0.4) is 0 Å². The Kier molecular flexibility index (Phi) is 5.16. The molecule has 1 aliphatic rings. The number of hydrogen-bond donors (Lipinski definition) is 2. The highest BCUT2D eigenvalue weighted by Crippen LogP contribution is 2.25. The molecule has 0 aliphatic carbocycles. The molecular formula is C20H24N2O2. The first kappa shape index (κ1) is 16.5. The Hall–Kier alpha value is -2.33. The lowest BCUT2D eigenvalue weighted by Crippen LogP contribution is -2.39. The van der Waals surface area contributed by atoms with Gasteiger partial charge < -0.3 is 15.3 Å². The highest BCUT2D eigenvalue weighted by atomic mass is 16.3. The van der Waals surface area contributed by atoms with Crippen LogP contribution in [0, 0.1) is 0 Å². The van der Waals surface area contributed by atoms with E-state index >= 15 is 0 Å². The predicted octanol–water partition coefficient (Wildman–Crippen LogP) is 3.16. The fourth-order valence-electron chi connectivity index (χ4n) is 3.11. The number of benzene rings is 2. The zero-order valence-corrected chi connectivity index (χ0v) is 14.0. The minimum atomic E-state index is 0.187. The molecule has 0 radical (unpaired) electrons. The van der Waals surface area contributed by atoms with Crippen molar-refractivity contribution in [1.82, 2.24) is 10.2 Å². The summed E-state index contributed by atoms with van der Waals surface area (Å²) in [5, 5.41) is 13.5. The Morgan fingerprint density at radius 1 is 1.17 bits per heavy atom. The van der Waals surface area contributed by atoms with Gasteiger partial charge in [0.15, 0.2) is 0 Å². The number of rotatable bonds is 6. The van der Waals surface area contributed by atoms with Crippen LogP contribution in [0.15, 0.2) is 48.5 Å². The van der Waals surface area contributed by atoms with E-state index in [-0.39, 0.29) is 11.9 Å². The second-order valence-corrected chi connectivity index (χ2v) is 6.43. The first-order valence-electron chi connectivity index (χ1n) is 8.52. The molecule has 0 aromatic heterocycles. The maximum atomic E-state index is 11.7. The molecule has 1 heterocycles. The minimum absolute atomic E-state index is 0.187. The quantitative estimate of drug-likeness (QED) is 0.858. The number of aromatic hydroxyl groups is 1. The zero-order valence-electron chi connectivity index (χ0n) is 14.0. The van der Waals surface area contributed by atoms with Gasteiger partial charge in [-0.15, -0.1) is 0 Å². The number of carbonyl (C=O) groups is 1. The molecule has 2 aromatic rings. The molecule has 2 N–H and O–H groups in total. The van der Waals surface area contributed by atoms with Crippen molar-refractivity contribution in [3.63, 3.8) is 0 Å². The van der Waals surface area contributed by atoms with Crippen molar-refractivity contribution >= 4 is 5.91 Å². The summed E-state index contributed by atoms with van der Waals surface area (Å²) in [6.07, 6.45) is 1.64. The Morgan fingerprint density at radius 3 is 2.67 bits per heavy atom. The molecule has 0 bridgehead atoms. The Balaban J connectivity index is 1.63. The van der Waals surface area contributed by atoms with Crippen molar-refractivity contribution in [3.05, 3.63) is 54.1 Å². The number of hydrogen-bond acceptors (Lipinski definition) is 3. The van der Waals surface area contributed by atoms with Gasteiger partial charge in [-0.25, -0.2) is 0 Å². The molecule has 4 heteroatoms. The fourth-order valence-corrected chi connectivity index (χ4v) is 3.11. The number of carbonyl (C=O) groups excluding carboxylic acids is 1. The second-order valence-electron chi connectivity index (χ2n) is 6.43. The van der Waals surface area contributed by atoms with Gasteiger partial charge >= 0.3 is 0 Å². The third kappa shape index (κ3) is 3.95. The molecule has 1 saturated heterocycles. The van der Waals surface area contributed by atoms with Crippen LogP contribution in [0.2, 0.25) is 0 Å². The maximum Gasteiger partial charge on any atom is 0.222 e. The molecule has 0 unspecified atom stereocenters. The summed E-state index contributed by atoms with van der Waals surface area (Å²) >= 11 is 0. The average molecular weight is 324 g/mol. The molecular weight excluding hydrogens is 300 g/mol. The van der Waals surface area contributed by atoms with E-state index in [4.69, 9.17) is 0 Å². The standard InChI is InChI=1S/C20H24N2O2/c1-15(14-22-11-5-8-20(22)24)21-13-18-12-17(9-10-19(18)23)16-6-3-2-4-7-16/h2-4,6-7,9-10,12,15,21,23H,5,8,11,13-14H2,1H3/t15-/m1/s1. The number of nitrogens with one attached hydrogen (secondary N) is 1. The molecule has 0 saturated carbocycles. The molecule has 126 valence electrons. The molecule has 1 aliphatic heterocycles. The number of phenolic OH excluding ortho intramolecular Hbond substituents is 1. The van der Waals surface area contributed by atoms with Gasteiger partial charge in [-0.1, -0.05) is 36.4 Å². The largest absolute Gasteiger partial charge is 0.508 e. The third-order valence-corrected chi connectivity index (χ3v) is 4.49. The van der Waals surface area contributed by atoms with Crippen molar-refractivity contribution in [2.24, 2.45) is 0 Å². The monoisotopic (exact) mass is 324 g/mol. The molecule has 1 fully saturated rings. The van der Waals surface area contributed by atoms with Crippen LogP contribution >= 0.6 is 0 Å². The molecule has 3 rings (SSSR count). The molecule has 4 nitrogen and oxygen atoms in total. The topological polar surface area (TPSA) is 52.6 Å². The summed E-state index contributed by atoms with van der Waals surface area (Å²) in [5.74, 6) is 0.546. The van der Waals surface area contributed by atoms with Gasteiger partial charge in [0, 0.05) is 37.7 Å². The lowest BCUT2D eigenvalue weighted by atomic mass is 10.0. The van der Waals surface area contributed by atoms with Crippen molar-refractivity contribution in [1.29, 1.82) is 0 Å². The molecule has 24 heavy (non-hydrogen) atoms. The predicted molar refractivity (Wildman–Crippen MR) is 95.7 cm³/mol. The van der Waals surface area contributed by atoms with E-state index in [9.17, 15) is 9.90 Å². The first-order chi connectivity index (χ1) is 11.6. The van der Waals surface area contributed by atoms with Crippen LogP contribution in [-0.4, -0.2) is 35.0 Å². The zero-order chi connectivity index (χ0) is 16.9. The van der Waals surface area contributed by atoms with Crippen LogP contribution in [0.5, 0.6) is 5.75 Å². The normalized spacial score (nSPS) is 15.7. The van der Waals surface area contributed by atoms with Crippen LogP contribution < -0.4 is 5.32 Å². The van der Waals surface area contributed by atoms with Gasteiger partial charge in [0.25, 0.3) is 0 Å². The maximum absolute atomic E-state index is 11.7. The van der Waals surface area contributed by atoms with Crippen LogP contribution in [-0.2, 0) is 11.3 Å². The Bertz CT molecular complexity index is 700. The van der Waals surface area contributed by atoms with E-state index in [0.717, 1.165) is 36.2 Å². The summed E-state index contributed by atoms with van der Waals surface area (Å²) in [5.41, 5.74) is 3.10. The minimum Gasteiger partial charge on any atom is -0.508 e. The Labute approximate surface area is 143 Å². The van der Waals surface area contributed by atoms with Crippen molar-refractivity contribution < 1.29 is 9.90 Å². The van der Waals surface area contributed by atoms with E-state index in [2.05, 4.69) is 24.4 Å². The lowest BCUT2D eigenvalue weighted by molar-refractivity contribution is -0.127. The second kappa shape index (κ2) is 7.49. The highest BCUT2D eigenvalue weighted by molar-refractivity contribution is 5.78. The van der Waals surface area contributed by atoms with E-state index in [1.807, 2.05) is 35.2 Å².